The van der Waals surface area contributed by atoms with Crippen LogP contribution in [0.2, 0.25) is 0 Å². The maximum Gasteiger partial charge on any atom is 0.259 e. The van der Waals surface area contributed by atoms with E-state index in [0.29, 0.717) is 43.4 Å². The van der Waals surface area contributed by atoms with Gasteiger partial charge < -0.3 is 20.5 Å². The SMILES string of the molecule is CCCc1noc2nc(C3CC3)cc(C(=O)N3CCCC(C(=O)NCCN)C3)c12.Cl. The van der Waals surface area contributed by atoms with Gasteiger partial charge in [-0.25, -0.2) is 4.98 Å². The molecule has 164 valence electrons. The van der Waals surface area contributed by atoms with E-state index in [-0.39, 0.29) is 30.1 Å². The summed E-state index contributed by atoms with van der Waals surface area (Å²) in [6, 6.07) is 1.93. The summed E-state index contributed by atoms with van der Waals surface area (Å²) >= 11 is 0. The first-order valence-electron chi connectivity index (χ1n) is 10.7. The first kappa shape index (κ1) is 22.5. The molecule has 1 atom stereocenters. The Hall–Kier alpha value is -2.19. The Morgan fingerprint density at radius 2 is 2.13 bits per heavy atom. The lowest BCUT2D eigenvalue weighted by molar-refractivity contribution is -0.126. The van der Waals surface area contributed by atoms with Gasteiger partial charge in [0.15, 0.2) is 0 Å². The fourth-order valence-electron chi connectivity index (χ4n) is 4.08. The number of piperidine rings is 1. The molecule has 2 aromatic heterocycles. The van der Waals surface area contributed by atoms with Gasteiger partial charge in [0.05, 0.1) is 22.6 Å². The molecule has 1 aliphatic carbocycles. The maximum atomic E-state index is 13.5. The van der Waals surface area contributed by atoms with Gasteiger partial charge in [-0.1, -0.05) is 18.5 Å². The average molecular weight is 436 g/mol. The molecule has 0 radical (unpaired) electrons. The molecule has 4 rings (SSSR count). The summed E-state index contributed by atoms with van der Waals surface area (Å²) in [5.74, 6) is 0.123. The van der Waals surface area contributed by atoms with E-state index in [1.54, 1.807) is 4.90 Å². The number of aryl methyl sites for hydroxylation is 1. The van der Waals surface area contributed by atoms with Crippen LogP contribution in [0.25, 0.3) is 11.1 Å². The van der Waals surface area contributed by atoms with Crippen molar-refractivity contribution in [3.8, 4) is 0 Å². The Balaban J connectivity index is 0.00000256. The minimum Gasteiger partial charge on any atom is -0.355 e. The van der Waals surface area contributed by atoms with Crippen LogP contribution in [0.5, 0.6) is 0 Å². The highest BCUT2D eigenvalue weighted by atomic mass is 35.5. The van der Waals surface area contributed by atoms with E-state index in [9.17, 15) is 9.59 Å². The highest BCUT2D eigenvalue weighted by Crippen LogP contribution is 2.41. The van der Waals surface area contributed by atoms with Gasteiger partial charge in [0.25, 0.3) is 11.6 Å². The minimum absolute atomic E-state index is 0. The topological polar surface area (TPSA) is 114 Å². The number of likely N-dealkylation sites (tertiary alicyclic amines) is 1. The maximum absolute atomic E-state index is 13.5. The normalized spacial score (nSPS) is 18.9. The summed E-state index contributed by atoms with van der Waals surface area (Å²) in [6.45, 7) is 4.01. The third kappa shape index (κ3) is 4.59. The summed E-state index contributed by atoms with van der Waals surface area (Å²) in [5.41, 5.74) is 8.25. The van der Waals surface area contributed by atoms with Crippen molar-refractivity contribution in [1.82, 2.24) is 20.4 Å². The second kappa shape index (κ2) is 9.75. The van der Waals surface area contributed by atoms with Gasteiger partial charge in [-0.3, -0.25) is 9.59 Å². The molecule has 0 bridgehead atoms. The molecular formula is C21H30ClN5O3. The fourth-order valence-corrected chi connectivity index (χ4v) is 4.08. The molecule has 30 heavy (non-hydrogen) atoms. The van der Waals surface area contributed by atoms with E-state index in [1.165, 1.54) is 0 Å². The Labute approximate surface area is 182 Å². The first-order valence-corrected chi connectivity index (χ1v) is 10.7. The quantitative estimate of drug-likeness (QED) is 0.690. The lowest BCUT2D eigenvalue weighted by Gasteiger charge is -2.32. The van der Waals surface area contributed by atoms with Crippen molar-refractivity contribution < 1.29 is 14.1 Å². The summed E-state index contributed by atoms with van der Waals surface area (Å²) in [7, 11) is 0. The molecule has 1 saturated carbocycles. The van der Waals surface area contributed by atoms with Crippen molar-refractivity contribution >= 4 is 35.3 Å². The zero-order chi connectivity index (χ0) is 20.4. The molecule has 2 aromatic rings. The molecule has 0 aromatic carbocycles. The molecule has 1 unspecified atom stereocenters. The van der Waals surface area contributed by atoms with Crippen molar-refractivity contribution in [2.45, 2.75) is 51.4 Å². The number of nitrogens with zero attached hydrogens (tertiary/aromatic N) is 3. The zero-order valence-corrected chi connectivity index (χ0v) is 18.2. The Morgan fingerprint density at radius 3 is 2.83 bits per heavy atom. The molecule has 3 N–H and O–H groups in total. The number of carbonyl (C=O) groups excluding carboxylic acids is 2. The standard InChI is InChI=1S/C21H29N5O3.ClH/c1-2-4-16-18-15(11-17(13-6-7-13)24-20(18)29-25-16)21(28)26-10-3-5-14(12-26)19(27)23-9-8-22;/h11,13-14H,2-10,12,22H2,1H3,(H,23,27);1H. The number of pyridine rings is 1. The van der Waals surface area contributed by atoms with Gasteiger partial charge in [0.2, 0.25) is 5.91 Å². The number of nitrogens with two attached hydrogens (primary N) is 1. The van der Waals surface area contributed by atoms with E-state index in [4.69, 9.17) is 10.3 Å². The Kier molecular flexibility index (Phi) is 7.31. The number of fused-ring (bicyclic) bond motifs is 1. The van der Waals surface area contributed by atoms with Gasteiger partial charge in [-0.05, 0) is 38.2 Å². The second-order valence-corrected chi connectivity index (χ2v) is 8.10. The van der Waals surface area contributed by atoms with Crippen LogP contribution in [0.3, 0.4) is 0 Å². The molecular weight excluding hydrogens is 406 g/mol. The van der Waals surface area contributed by atoms with Crippen LogP contribution >= 0.6 is 12.4 Å². The molecule has 2 aliphatic rings. The summed E-state index contributed by atoms with van der Waals surface area (Å²) in [4.78, 5) is 32.3. The summed E-state index contributed by atoms with van der Waals surface area (Å²) in [5, 5.41) is 7.77. The number of hydrogen-bond acceptors (Lipinski definition) is 6. The predicted molar refractivity (Wildman–Crippen MR) is 116 cm³/mol. The van der Waals surface area contributed by atoms with Crippen LogP contribution in [0.15, 0.2) is 10.6 Å². The molecule has 2 fully saturated rings. The van der Waals surface area contributed by atoms with Crippen LogP contribution in [0, 0.1) is 5.92 Å². The largest absolute Gasteiger partial charge is 0.355 e. The monoisotopic (exact) mass is 435 g/mol. The molecule has 0 spiro atoms. The fraction of sp³-hybridized carbons (Fsp3) is 0.619. The van der Waals surface area contributed by atoms with Gasteiger partial charge >= 0.3 is 0 Å². The highest BCUT2D eigenvalue weighted by Gasteiger charge is 2.33. The number of carbonyl (C=O) groups is 2. The van der Waals surface area contributed by atoms with E-state index in [0.717, 1.165) is 55.3 Å². The number of halogens is 1. The lowest BCUT2D eigenvalue weighted by atomic mass is 9.95. The van der Waals surface area contributed by atoms with Crippen molar-refractivity contribution in [2.75, 3.05) is 26.2 Å². The van der Waals surface area contributed by atoms with E-state index < -0.39 is 0 Å². The molecule has 1 aliphatic heterocycles. The molecule has 8 nitrogen and oxygen atoms in total. The minimum atomic E-state index is -0.197. The van der Waals surface area contributed by atoms with Crippen molar-refractivity contribution in [3.05, 3.63) is 23.0 Å². The van der Waals surface area contributed by atoms with Crippen molar-refractivity contribution in [3.63, 3.8) is 0 Å². The number of rotatable bonds is 7. The smallest absolute Gasteiger partial charge is 0.259 e. The van der Waals surface area contributed by atoms with Gasteiger partial charge in [0, 0.05) is 37.8 Å². The van der Waals surface area contributed by atoms with E-state index in [1.807, 2.05) is 6.07 Å². The third-order valence-corrected chi connectivity index (χ3v) is 5.77. The van der Waals surface area contributed by atoms with Crippen molar-refractivity contribution in [2.24, 2.45) is 11.7 Å². The molecule has 1 saturated heterocycles. The van der Waals surface area contributed by atoms with Crippen LogP contribution in [-0.2, 0) is 11.2 Å². The van der Waals surface area contributed by atoms with Crippen LogP contribution in [0.1, 0.15) is 66.7 Å². The van der Waals surface area contributed by atoms with Crippen LogP contribution < -0.4 is 11.1 Å². The molecule has 9 heteroatoms. The Bertz CT molecular complexity index is 911. The lowest BCUT2D eigenvalue weighted by Crippen LogP contribution is -2.46. The zero-order valence-electron chi connectivity index (χ0n) is 17.4. The molecule has 3 heterocycles. The first-order chi connectivity index (χ1) is 14.1. The van der Waals surface area contributed by atoms with Gasteiger partial charge in [0.1, 0.15) is 0 Å². The number of nitrogens with one attached hydrogen (secondary N) is 1. The molecule has 2 amide bonds. The predicted octanol–water partition coefficient (Wildman–Crippen LogP) is 2.40. The van der Waals surface area contributed by atoms with Gasteiger partial charge in [-0.15, -0.1) is 12.4 Å². The van der Waals surface area contributed by atoms with Crippen LogP contribution in [0.4, 0.5) is 0 Å². The summed E-state index contributed by atoms with van der Waals surface area (Å²) < 4.78 is 5.49. The van der Waals surface area contributed by atoms with Crippen molar-refractivity contribution in [1.29, 1.82) is 0 Å². The third-order valence-electron chi connectivity index (χ3n) is 5.77. The van der Waals surface area contributed by atoms with E-state index in [2.05, 4.69) is 22.4 Å². The van der Waals surface area contributed by atoms with Crippen LogP contribution in [-0.4, -0.2) is 53.0 Å². The average Bonchev–Trinajstić information content (AvgIpc) is 3.53. The Morgan fingerprint density at radius 1 is 1.33 bits per heavy atom. The highest BCUT2D eigenvalue weighted by molar-refractivity contribution is 6.06. The van der Waals surface area contributed by atoms with Gasteiger partial charge in [-0.2, -0.15) is 0 Å². The number of hydrogen-bond donors (Lipinski definition) is 2. The van der Waals surface area contributed by atoms with E-state index >= 15 is 0 Å². The number of aromatic nitrogens is 2. The second-order valence-electron chi connectivity index (χ2n) is 8.10. The summed E-state index contributed by atoms with van der Waals surface area (Å²) in [6.07, 6.45) is 5.42. The number of amides is 2.